The first-order valence-electron chi connectivity index (χ1n) is 14.0. The molecule has 2 N–H and O–H groups in total. The van der Waals surface area contributed by atoms with Gasteiger partial charge in [-0.1, -0.05) is 53.4 Å². The average molecular weight is 430 g/mol. The third-order valence-electron chi connectivity index (χ3n) is 9.71. The monoisotopic (exact) mass is 429 g/mol. The van der Waals surface area contributed by atoms with Crippen LogP contribution in [0.1, 0.15) is 112 Å². The van der Waals surface area contributed by atoms with Crippen LogP contribution in [0, 0.1) is 29.6 Å². The molecule has 0 aromatic carbocycles. The summed E-state index contributed by atoms with van der Waals surface area (Å²) in [6.45, 7) is 12.1. The molecule has 31 heavy (non-hydrogen) atoms. The van der Waals surface area contributed by atoms with E-state index in [4.69, 9.17) is 4.99 Å². The van der Waals surface area contributed by atoms with Crippen molar-refractivity contribution in [3.63, 3.8) is 0 Å². The Morgan fingerprint density at radius 3 is 2.29 bits per heavy atom. The Bertz CT molecular complexity index is 589. The standard InChI is InChI=1S/C28H51N3/c1-18(2)23-13-6-7-14-25(23)29-21(5)24-17-16-22-12-9-15-26(28(22)30-24)31-27-19(3)10-8-11-20(27)4/h18-20,22-28,30-31H,6-17H2,1-5H3. The molecule has 0 bridgehead atoms. The highest BCUT2D eigenvalue weighted by molar-refractivity contribution is 5.87. The van der Waals surface area contributed by atoms with Crippen molar-refractivity contribution in [2.24, 2.45) is 34.6 Å². The van der Waals surface area contributed by atoms with Gasteiger partial charge >= 0.3 is 0 Å². The lowest BCUT2D eigenvalue weighted by Gasteiger charge is -2.48. The Labute approximate surface area is 193 Å². The zero-order chi connectivity index (χ0) is 22.0. The molecule has 1 aliphatic heterocycles. The molecule has 8 atom stereocenters. The molecule has 8 unspecified atom stereocenters. The van der Waals surface area contributed by atoms with Gasteiger partial charge in [-0.05, 0) is 87.9 Å². The molecule has 0 spiro atoms. The molecule has 3 saturated carbocycles. The van der Waals surface area contributed by atoms with Gasteiger partial charge in [0.05, 0.1) is 6.04 Å². The van der Waals surface area contributed by atoms with Gasteiger partial charge in [0.1, 0.15) is 0 Å². The van der Waals surface area contributed by atoms with Crippen molar-refractivity contribution < 1.29 is 0 Å². The second-order valence-corrected chi connectivity index (χ2v) is 12.2. The van der Waals surface area contributed by atoms with Crippen LogP contribution >= 0.6 is 0 Å². The van der Waals surface area contributed by atoms with Crippen LogP contribution in [0.3, 0.4) is 0 Å². The van der Waals surface area contributed by atoms with Crippen molar-refractivity contribution in [3.05, 3.63) is 0 Å². The van der Waals surface area contributed by atoms with E-state index in [0.29, 0.717) is 30.2 Å². The van der Waals surface area contributed by atoms with E-state index in [1.165, 1.54) is 82.8 Å². The number of piperidine rings is 1. The van der Waals surface area contributed by atoms with Gasteiger partial charge in [0.25, 0.3) is 0 Å². The summed E-state index contributed by atoms with van der Waals surface area (Å²) in [5.41, 5.74) is 1.40. The quantitative estimate of drug-likeness (QED) is 0.498. The number of rotatable bonds is 5. The third kappa shape index (κ3) is 5.57. The van der Waals surface area contributed by atoms with Gasteiger partial charge in [-0.3, -0.25) is 4.99 Å². The van der Waals surface area contributed by atoms with Crippen molar-refractivity contribution in [3.8, 4) is 0 Å². The highest BCUT2D eigenvalue weighted by atomic mass is 15.1. The normalized spacial score (nSPS) is 44.8. The van der Waals surface area contributed by atoms with Crippen LogP contribution in [-0.2, 0) is 0 Å². The Hall–Kier alpha value is -0.410. The van der Waals surface area contributed by atoms with Crippen molar-refractivity contribution in [2.75, 3.05) is 0 Å². The zero-order valence-corrected chi connectivity index (χ0v) is 21.2. The summed E-state index contributed by atoms with van der Waals surface area (Å²) in [6, 6.07) is 3.08. The van der Waals surface area contributed by atoms with Crippen molar-refractivity contribution in [2.45, 2.75) is 142 Å². The number of aliphatic imine (C=N–C) groups is 1. The van der Waals surface area contributed by atoms with Crippen LogP contribution in [-0.4, -0.2) is 35.9 Å². The van der Waals surface area contributed by atoms with Crippen LogP contribution in [0.15, 0.2) is 4.99 Å². The van der Waals surface area contributed by atoms with Crippen molar-refractivity contribution >= 4 is 5.71 Å². The maximum Gasteiger partial charge on any atom is 0.0530 e. The van der Waals surface area contributed by atoms with Gasteiger partial charge in [0.2, 0.25) is 0 Å². The summed E-state index contributed by atoms with van der Waals surface area (Å²) in [4.78, 5) is 5.40. The van der Waals surface area contributed by atoms with Crippen LogP contribution in [0.5, 0.6) is 0 Å². The molecule has 4 aliphatic rings. The number of fused-ring (bicyclic) bond motifs is 1. The topological polar surface area (TPSA) is 36.4 Å². The van der Waals surface area contributed by atoms with Crippen LogP contribution in [0.2, 0.25) is 0 Å². The predicted octanol–water partition coefficient (Wildman–Crippen LogP) is 6.37. The second kappa shape index (κ2) is 10.7. The molecular formula is C28H51N3. The molecule has 0 aromatic rings. The van der Waals surface area contributed by atoms with Gasteiger partial charge in [-0.25, -0.2) is 0 Å². The largest absolute Gasteiger partial charge is 0.309 e. The molecule has 4 fully saturated rings. The molecule has 4 rings (SSSR count). The van der Waals surface area contributed by atoms with E-state index in [2.05, 4.69) is 45.3 Å². The zero-order valence-electron chi connectivity index (χ0n) is 21.2. The molecule has 3 heteroatoms. The Balaban J connectivity index is 1.42. The number of nitrogens with one attached hydrogen (secondary N) is 2. The van der Waals surface area contributed by atoms with Gasteiger partial charge in [-0.15, -0.1) is 0 Å². The number of hydrogen-bond acceptors (Lipinski definition) is 3. The SMILES string of the molecule is CC(=NC1CCCCC1C(C)C)C1CCC2CCCC(NC3C(C)CCCC3C)C2N1. The van der Waals surface area contributed by atoms with Crippen LogP contribution in [0.25, 0.3) is 0 Å². The van der Waals surface area contributed by atoms with Crippen LogP contribution < -0.4 is 10.6 Å². The predicted molar refractivity (Wildman–Crippen MR) is 134 cm³/mol. The molecule has 3 nitrogen and oxygen atoms in total. The fraction of sp³-hybridized carbons (Fsp3) is 0.964. The first kappa shape index (κ1) is 23.7. The summed E-state index contributed by atoms with van der Waals surface area (Å²) in [7, 11) is 0. The van der Waals surface area contributed by atoms with E-state index in [9.17, 15) is 0 Å². The lowest BCUT2D eigenvalue weighted by Crippen LogP contribution is -2.63. The highest BCUT2D eigenvalue weighted by Gasteiger charge is 2.41. The Morgan fingerprint density at radius 1 is 0.839 bits per heavy atom. The molecule has 3 aliphatic carbocycles. The fourth-order valence-corrected chi connectivity index (χ4v) is 7.76. The van der Waals surface area contributed by atoms with Gasteiger partial charge in [0.15, 0.2) is 0 Å². The summed E-state index contributed by atoms with van der Waals surface area (Å²) < 4.78 is 0. The Kier molecular flexibility index (Phi) is 8.18. The van der Waals surface area contributed by atoms with E-state index >= 15 is 0 Å². The average Bonchev–Trinajstić information content (AvgIpc) is 2.76. The fourth-order valence-electron chi connectivity index (χ4n) is 7.76. The van der Waals surface area contributed by atoms with E-state index in [1.807, 2.05) is 0 Å². The first-order valence-corrected chi connectivity index (χ1v) is 14.0. The van der Waals surface area contributed by atoms with Crippen LogP contribution in [0.4, 0.5) is 0 Å². The minimum Gasteiger partial charge on any atom is -0.309 e. The van der Waals surface area contributed by atoms with Gasteiger partial charge in [-0.2, -0.15) is 0 Å². The van der Waals surface area contributed by atoms with E-state index in [1.54, 1.807) is 0 Å². The molecule has 1 saturated heterocycles. The Morgan fingerprint density at radius 2 is 1.55 bits per heavy atom. The summed E-state index contributed by atoms with van der Waals surface area (Å²) >= 11 is 0. The third-order valence-corrected chi connectivity index (χ3v) is 9.71. The summed E-state index contributed by atoms with van der Waals surface area (Å²) in [5, 5.41) is 8.38. The molecule has 0 radical (unpaired) electrons. The molecule has 178 valence electrons. The van der Waals surface area contributed by atoms with Gasteiger partial charge in [0, 0.05) is 29.9 Å². The van der Waals surface area contributed by atoms with E-state index in [0.717, 1.165) is 29.6 Å². The lowest BCUT2D eigenvalue weighted by atomic mass is 9.72. The molecule has 0 amide bonds. The van der Waals surface area contributed by atoms with E-state index < -0.39 is 0 Å². The maximum atomic E-state index is 5.40. The van der Waals surface area contributed by atoms with Crippen molar-refractivity contribution in [1.82, 2.24) is 10.6 Å². The maximum absolute atomic E-state index is 5.40. The highest BCUT2D eigenvalue weighted by Crippen LogP contribution is 2.37. The molecule has 0 aromatic heterocycles. The van der Waals surface area contributed by atoms with Crippen molar-refractivity contribution in [1.29, 1.82) is 0 Å². The summed E-state index contributed by atoms with van der Waals surface area (Å²) in [5.74, 6) is 4.06. The number of nitrogens with zero attached hydrogens (tertiary/aromatic N) is 1. The minimum atomic E-state index is 0.500. The molecular weight excluding hydrogens is 378 g/mol. The lowest BCUT2D eigenvalue weighted by molar-refractivity contribution is 0.114. The van der Waals surface area contributed by atoms with Gasteiger partial charge < -0.3 is 10.6 Å². The summed E-state index contributed by atoms with van der Waals surface area (Å²) in [6.07, 6.45) is 16.6. The van der Waals surface area contributed by atoms with E-state index in [-0.39, 0.29) is 0 Å². The second-order valence-electron chi connectivity index (χ2n) is 12.2. The number of hydrogen-bond donors (Lipinski definition) is 2. The minimum absolute atomic E-state index is 0.500. The smallest absolute Gasteiger partial charge is 0.0530 e. The molecule has 1 heterocycles. The first-order chi connectivity index (χ1) is 14.9.